The van der Waals surface area contributed by atoms with Crippen molar-refractivity contribution >= 4 is 41.3 Å². The van der Waals surface area contributed by atoms with Gasteiger partial charge in [0.2, 0.25) is 0 Å². The fraction of sp³-hybridized carbons (Fsp3) is 0.157. The quantitative estimate of drug-likeness (QED) is 0.0320. The van der Waals surface area contributed by atoms with E-state index in [1.54, 1.807) is 12.1 Å². The molecular formula is C51H44N2O6. The van der Waals surface area contributed by atoms with Gasteiger partial charge < -0.3 is 20.3 Å². The first kappa shape index (κ1) is 38.8. The molecule has 0 aromatic heterocycles. The highest BCUT2D eigenvalue weighted by Gasteiger charge is 2.49. The summed E-state index contributed by atoms with van der Waals surface area (Å²) in [6.07, 6.45) is 10.4. The lowest BCUT2D eigenvalue weighted by atomic mass is 9.76. The van der Waals surface area contributed by atoms with E-state index in [9.17, 15) is 14.4 Å². The van der Waals surface area contributed by atoms with Crippen LogP contribution >= 0.6 is 0 Å². The van der Waals surface area contributed by atoms with Gasteiger partial charge in [0.15, 0.2) is 5.75 Å². The molecule has 0 bridgehead atoms. The second-order valence-electron chi connectivity index (χ2n) is 15.0. The van der Waals surface area contributed by atoms with Crippen molar-refractivity contribution in [1.29, 1.82) is 0 Å². The van der Waals surface area contributed by atoms with Crippen molar-refractivity contribution in [2.75, 3.05) is 17.2 Å². The number of carbonyl (C=O) groups is 3. The van der Waals surface area contributed by atoms with E-state index in [-0.39, 0.29) is 23.8 Å². The Balaban J connectivity index is 0.897. The Labute approximate surface area is 344 Å². The Morgan fingerprint density at radius 3 is 1.66 bits per heavy atom. The second-order valence-corrected chi connectivity index (χ2v) is 15.0. The fourth-order valence-corrected chi connectivity index (χ4v) is 8.29. The zero-order chi connectivity index (χ0) is 40.8. The number of fused-ring (bicyclic) bond motifs is 4. The van der Waals surface area contributed by atoms with Gasteiger partial charge in [-0.15, -0.1) is 0 Å². The SMILES string of the molecule is Cc1ccccc1C(=O)Nc1ccc(C=CC(=O)Oc2cccc3c2C2(CCc4cccc(OOC/C=C/c5ccc(NC(=O)c6ccccc6C)cc5)c42)CC3)cc1. The van der Waals surface area contributed by atoms with E-state index >= 15 is 0 Å². The summed E-state index contributed by atoms with van der Waals surface area (Å²) in [6.45, 7) is 4.05. The molecule has 6 aromatic rings. The Bertz CT molecular complexity index is 2590. The monoisotopic (exact) mass is 780 g/mol. The average Bonchev–Trinajstić information content (AvgIpc) is 3.83. The summed E-state index contributed by atoms with van der Waals surface area (Å²) in [5.74, 6) is 0.427. The van der Waals surface area contributed by atoms with Gasteiger partial charge in [-0.05, 0) is 128 Å². The minimum Gasteiger partial charge on any atom is -0.423 e. The molecule has 59 heavy (non-hydrogen) atoms. The van der Waals surface area contributed by atoms with E-state index in [4.69, 9.17) is 14.5 Å². The van der Waals surface area contributed by atoms with Crippen molar-refractivity contribution in [3.63, 3.8) is 0 Å². The minimum absolute atomic E-state index is 0.139. The van der Waals surface area contributed by atoms with Crippen LogP contribution in [0.1, 0.15) is 78.1 Å². The van der Waals surface area contributed by atoms with Gasteiger partial charge in [0.1, 0.15) is 12.4 Å². The summed E-state index contributed by atoms with van der Waals surface area (Å²) in [7, 11) is 0. The van der Waals surface area contributed by atoms with E-state index in [0.29, 0.717) is 34.0 Å². The van der Waals surface area contributed by atoms with E-state index in [0.717, 1.165) is 64.6 Å². The third-order valence-corrected chi connectivity index (χ3v) is 11.2. The van der Waals surface area contributed by atoms with Crippen molar-refractivity contribution in [3.8, 4) is 11.5 Å². The number of amides is 2. The molecule has 8 heteroatoms. The lowest BCUT2D eigenvalue weighted by molar-refractivity contribution is -0.196. The third kappa shape index (κ3) is 8.49. The molecule has 2 N–H and O–H groups in total. The first-order chi connectivity index (χ1) is 28.8. The normalized spacial score (nSPS) is 15.3. The van der Waals surface area contributed by atoms with Crippen LogP contribution in [0.15, 0.2) is 146 Å². The maximum Gasteiger partial charge on any atom is 0.336 e. The maximum absolute atomic E-state index is 13.3. The van der Waals surface area contributed by atoms with E-state index in [1.165, 1.54) is 11.6 Å². The summed E-state index contributed by atoms with van der Waals surface area (Å²) in [5.41, 5.74) is 10.3. The number of carbonyl (C=O) groups excluding carboxylic acids is 3. The molecule has 294 valence electrons. The predicted octanol–water partition coefficient (Wildman–Crippen LogP) is 10.6. The molecule has 0 radical (unpaired) electrons. The smallest absolute Gasteiger partial charge is 0.336 e. The minimum atomic E-state index is -0.475. The van der Waals surface area contributed by atoms with Crippen molar-refractivity contribution in [3.05, 3.63) is 201 Å². The summed E-state index contributed by atoms with van der Waals surface area (Å²) >= 11 is 0. The summed E-state index contributed by atoms with van der Waals surface area (Å²) < 4.78 is 6.08. The van der Waals surface area contributed by atoms with Crippen molar-refractivity contribution in [1.82, 2.24) is 0 Å². The Morgan fingerprint density at radius 2 is 1.10 bits per heavy atom. The number of benzene rings is 6. The molecule has 2 aliphatic carbocycles. The van der Waals surface area contributed by atoms with Gasteiger partial charge in [-0.3, -0.25) is 9.59 Å². The highest BCUT2D eigenvalue weighted by atomic mass is 17.2. The van der Waals surface area contributed by atoms with Crippen molar-refractivity contribution < 1.29 is 28.9 Å². The molecule has 8 rings (SSSR count). The molecule has 6 aromatic carbocycles. The summed E-state index contributed by atoms with van der Waals surface area (Å²) in [6, 6.07) is 41.9. The van der Waals surface area contributed by atoms with Crippen LogP contribution in [-0.2, 0) is 27.9 Å². The van der Waals surface area contributed by atoms with Gasteiger partial charge in [0, 0.05) is 45.1 Å². The number of ether oxygens (including phenoxy) is 1. The molecule has 1 unspecified atom stereocenters. The number of anilines is 2. The topological polar surface area (TPSA) is 103 Å². The molecule has 0 heterocycles. The van der Waals surface area contributed by atoms with E-state index in [2.05, 4.69) is 22.8 Å². The zero-order valence-electron chi connectivity index (χ0n) is 33.0. The first-order valence-corrected chi connectivity index (χ1v) is 19.8. The van der Waals surface area contributed by atoms with Crippen LogP contribution in [0.5, 0.6) is 11.5 Å². The van der Waals surface area contributed by atoms with E-state index in [1.807, 2.05) is 141 Å². The average molecular weight is 781 g/mol. The lowest BCUT2D eigenvalue weighted by Gasteiger charge is -2.29. The standard InChI is InChI=1S/C51H44N2O6/c1-34-10-3-5-15-42(34)49(55)52-40-24-19-36(20-25-40)12-9-33-57-59-45-18-8-14-39-30-32-51(48(39)45)31-29-38-13-7-17-44(47(38)51)58-46(54)28-23-37-21-26-41(27-22-37)53-50(56)43-16-6-4-11-35(43)2/h3-28H,29-33H2,1-2H3,(H,52,55)(H,53,56)/b12-9+,28-23?. The highest BCUT2D eigenvalue weighted by molar-refractivity contribution is 6.06. The Hall–Kier alpha value is -7.03. The second kappa shape index (κ2) is 17.2. The van der Waals surface area contributed by atoms with Crippen LogP contribution in [0.25, 0.3) is 12.2 Å². The van der Waals surface area contributed by atoms with Gasteiger partial charge in [0.05, 0.1) is 0 Å². The molecular weight excluding hydrogens is 737 g/mol. The molecule has 0 fully saturated rings. The molecule has 0 saturated carbocycles. The van der Waals surface area contributed by atoms with Gasteiger partial charge in [-0.1, -0.05) is 97.1 Å². The van der Waals surface area contributed by atoms with Gasteiger partial charge in [0.25, 0.3) is 11.8 Å². The third-order valence-electron chi connectivity index (χ3n) is 11.2. The number of rotatable bonds is 12. The Morgan fingerprint density at radius 1 is 0.593 bits per heavy atom. The van der Waals surface area contributed by atoms with Crippen LogP contribution in [-0.4, -0.2) is 24.4 Å². The van der Waals surface area contributed by atoms with Crippen molar-refractivity contribution in [2.24, 2.45) is 0 Å². The van der Waals surface area contributed by atoms with E-state index < -0.39 is 5.97 Å². The first-order valence-electron chi connectivity index (χ1n) is 19.8. The van der Waals surface area contributed by atoms with Crippen molar-refractivity contribution in [2.45, 2.75) is 44.9 Å². The fourth-order valence-electron chi connectivity index (χ4n) is 8.29. The van der Waals surface area contributed by atoms with Gasteiger partial charge in [-0.2, -0.15) is 4.89 Å². The number of nitrogens with one attached hydrogen (secondary N) is 2. The Kier molecular flexibility index (Phi) is 11.3. The number of hydrogen-bond acceptors (Lipinski definition) is 6. The number of aryl methyl sites for hydroxylation is 4. The van der Waals surface area contributed by atoms with Gasteiger partial charge in [-0.25, -0.2) is 4.79 Å². The number of esters is 1. The molecule has 8 nitrogen and oxygen atoms in total. The molecule has 0 saturated heterocycles. The van der Waals surface area contributed by atoms with Crippen LogP contribution in [0.2, 0.25) is 0 Å². The molecule has 2 aliphatic rings. The highest BCUT2D eigenvalue weighted by Crippen LogP contribution is 2.57. The zero-order valence-corrected chi connectivity index (χ0v) is 33.0. The molecule has 2 amide bonds. The van der Waals surface area contributed by atoms with Gasteiger partial charge >= 0.3 is 5.97 Å². The largest absolute Gasteiger partial charge is 0.423 e. The van der Waals surface area contributed by atoms with Crippen LogP contribution in [0, 0.1) is 13.8 Å². The van der Waals surface area contributed by atoms with Crippen LogP contribution < -0.4 is 20.3 Å². The maximum atomic E-state index is 13.3. The molecule has 0 aliphatic heterocycles. The predicted molar refractivity (Wildman–Crippen MR) is 232 cm³/mol. The molecule has 1 spiro atoms. The summed E-state index contributed by atoms with van der Waals surface area (Å²) in [5, 5.41) is 5.89. The number of hydrogen-bond donors (Lipinski definition) is 2. The molecule has 1 atom stereocenters. The lowest BCUT2D eigenvalue weighted by Crippen LogP contribution is -2.24. The van der Waals surface area contributed by atoms with Crippen LogP contribution in [0.4, 0.5) is 11.4 Å². The summed E-state index contributed by atoms with van der Waals surface area (Å²) in [4.78, 5) is 50.5. The van der Waals surface area contributed by atoms with Crippen LogP contribution in [0.3, 0.4) is 0 Å².